The van der Waals surface area contributed by atoms with Gasteiger partial charge in [0.05, 0.1) is 10.6 Å². The van der Waals surface area contributed by atoms with Crippen molar-refractivity contribution in [2.45, 2.75) is 31.5 Å². The molecule has 194 valence electrons. The van der Waals surface area contributed by atoms with Gasteiger partial charge in [-0.15, -0.1) is 11.3 Å². The number of fused-ring (bicyclic) bond motifs is 1. The summed E-state index contributed by atoms with van der Waals surface area (Å²) in [6.07, 6.45) is 2.57. The summed E-state index contributed by atoms with van der Waals surface area (Å²) in [6.45, 7) is 2.39. The van der Waals surface area contributed by atoms with Gasteiger partial charge >= 0.3 is 6.09 Å². The lowest BCUT2D eigenvalue weighted by Crippen LogP contribution is -2.16. The molecule has 0 bridgehead atoms. The van der Waals surface area contributed by atoms with Gasteiger partial charge in [-0.1, -0.05) is 78.9 Å². The van der Waals surface area contributed by atoms with Gasteiger partial charge in [0, 0.05) is 11.6 Å². The molecule has 0 spiro atoms. The van der Waals surface area contributed by atoms with Crippen molar-refractivity contribution < 1.29 is 19.1 Å². The van der Waals surface area contributed by atoms with E-state index in [1.54, 1.807) is 6.20 Å². The first kappa shape index (κ1) is 24.8. The highest BCUT2D eigenvalue weighted by Gasteiger charge is 2.46. The molecule has 0 saturated heterocycles. The standard InChI is InChI=1S/C32H26N2O4S/c1-21(22-6-3-2-4-7-22)38-31(36)34-28-27-8-5-19-33-30(27)39-29(28)25-11-9-23(10-12-25)24-13-15-26(16-14-24)32(17-18-32)37-20-35/h2-16,19-21H,17-18H2,1H3,(H,34,36)/t21-/m1/s1. The zero-order valence-electron chi connectivity index (χ0n) is 21.3. The Balaban J connectivity index is 1.25. The molecule has 1 fully saturated rings. The van der Waals surface area contributed by atoms with E-state index in [2.05, 4.69) is 46.7 Å². The first-order chi connectivity index (χ1) is 19.1. The fraction of sp³-hybridized carbons (Fsp3) is 0.156. The SMILES string of the molecule is C[C@@H](OC(=O)Nc1c(-c2ccc(-c3ccc(C4(OC=O)CC4)cc3)cc2)sc2ncccc12)c1ccccc1. The number of aromatic nitrogens is 1. The van der Waals surface area contributed by atoms with Crippen LogP contribution in [0.5, 0.6) is 0 Å². The molecular weight excluding hydrogens is 508 g/mol. The summed E-state index contributed by atoms with van der Waals surface area (Å²) >= 11 is 1.53. The smallest absolute Gasteiger partial charge is 0.412 e. The Morgan fingerprint density at radius 1 is 0.923 bits per heavy atom. The number of thiophene rings is 1. The molecule has 1 N–H and O–H groups in total. The summed E-state index contributed by atoms with van der Waals surface area (Å²) in [5.74, 6) is 0. The zero-order chi connectivity index (χ0) is 26.8. The Hall–Kier alpha value is -4.49. The number of nitrogens with one attached hydrogen (secondary N) is 1. The maximum absolute atomic E-state index is 12.9. The average Bonchev–Trinajstić information content (AvgIpc) is 3.68. The van der Waals surface area contributed by atoms with Gasteiger partial charge in [0.1, 0.15) is 16.5 Å². The van der Waals surface area contributed by atoms with E-state index in [1.807, 2.05) is 61.5 Å². The van der Waals surface area contributed by atoms with Crippen LogP contribution in [0.25, 0.3) is 31.8 Å². The van der Waals surface area contributed by atoms with Crippen molar-refractivity contribution in [2.24, 2.45) is 0 Å². The van der Waals surface area contributed by atoms with Gasteiger partial charge in [0.15, 0.2) is 0 Å². The van der Waals surface area contributed by atoms with E-state index >= 15 is 0 Å². The van der Waals surface area contributed by atoms with Crippen molar-refractivity contribution in [3.63, 3.8) is 0 Å². The fourth-order valence-corrected chi connectivity index (χ4v) is 5.91. The molecule has 0 aliphatic heterocycles. The van der Waals surface area contributed by atoms with Crippen molar-refractivity contribution >= 4 is 39.8 Å². The topological polar surface area (TPSA) is 77.5 Å². The zero-order valence-corrected chi connectivity index (χ0v) is 22.1. The lowest BCUT2D eigenvalue weighted by molar-refractivity contribution is -0.136. The van der Waals surface area contributed by atoms with Crippen LogP contribution in [-0.2, 0) is 19.9 Å². The molecule has 2 heterocycles. The number of amides is 1. The molecule has 1 aliphatic carbocycles. The second-order valence-corrected chi connectivity index (χ2v) is 10.6. The second kappa shape index (κ2) is 10.3. The number of benzene rings is 3. The Labute approximate surface area is 230 Å². The normalized spacial score (nSPS) is 14.4. The third-order valence-electron chi connectivity index (χ3n) is 7.12. The Kier molecular flexibility index (Phi) is 6.59. The molecule has 0 unspecified atom stereocenters. The van der Waals surface area contributed by atoms with Crippen molar-refractivity contribution in [3.05, 3.63) is 108 Å². The molecule has 1 atom stereocenters. The maximum atomic E-state index is 12.9. The first-order valence-corrected chi connectivity index (χ1v) is 13.6. The van der Waals surface area contributed by atoms with Gasteiger partial charge < -0.3 is 9.47 Å². The average molecular weight is 535 g/mol. The Morgan fingerprint density at radius 3 is 2.26 bits per heavy atom. The van der Waals surface area contributed by atoms with Crippen LogP contribution in [0.3, 0.4) is 0 Å². The van der Waals surface area contributed by atoms with Gasteiger partial charge in [-0.2, -0.15) is 0 Å². The molecule has 39 heavy (non-hydrogen) atoms. The number of hydrogen-bond donors (Lipinski definition) is 1. The van der Waals surface area contributed by atoms with Crippen LogP contribution >= 0.6 is 11.3 Å². The number of nitrogens with zero attached hydrogens (tertiary/aromatic N) is 1. The molecule has 5 aromatic rings. The minimum absolute atomic E-state index is 0.386. The summed E-state index contributed by atoms with van der Waals surface area (Å²) in [6, 6.07) is 29.9. The van der Waals surface area contributed by atoms with E-state index in [0.29, 0.717) is 12.2 Å². The van der Waals surface area contributed by atoms with Gasteiger partial charge in [0.2, 0.25) is 0 Å². The van der Waals surface area contributed by atoms with Crippen LogP contribution in [0.15, 0.2) is 97.2 Å². The van der Waals surface area contributed by atoms with E-state index in [1.165, 1.54) is 11.3 Å². The predicted octanol–water partition coefficient (Wildman–Crippen LogP) is 8.10. The van der Waals surface area contributed by atoms with Crippen LogP contribution in [0.2, 0.25) is 0 Å². The van der Waals surface area contributed by atoms with Gasteiger partial charge in [0.25, 0.3) is 6.47 Å². The number of ether oxygens (including phenoxy) is 2. The molecule has 2 aromatic heterocycles. The number of hydrogen-bond acceptors (Lipinski definition) is 6. The second-order valence-electron chi connectivity index (χ2n) is 9.61. The highest BCUT2D eigenvalue weighted by atomic mass is 32.1. The number of pyridine rings is 1. The quantitative estimate of drug-likeness (QED) is 0.204. The molecule has 1 amide bonds. The van der Waals surface area contributed by atoms with Crippen molar-refractivity contribution in [1.82, 2.24) is 4.98 Å². The minimum Gasteiger partial charge on any atom is -0.456 e. The van der Waals surface area contributed by atoms with E-state index in [9.17, 15) is 9.59 Å². The Bertz CT molecular complexity index is 1630. The minimum atomic E-state index is -0.514. The third-order valence-corrected chi connectivity index (χ3v) is 8.28. The molecule has 1 saturated carbocycles. The molecule has 7 heteroatoms. The van der Waals surface area contributed by atoms with Gasteiger partial charge in [-0.05, 0) is 59.7 Å². The van der Waals surface area contributed by atoms with Crippen molar-refractivity contribution in [1.29, 1.82) is 0 Å². The Morgan fingerprint density at radius 2 is 1.59 bits per heavy atom. The number of carbonyl (C=O) groups excluding carboxylic acids is 2. The van der Waals surface area contributed by atoms with E-state index < -0.39 is 11.7 Å². The third kappa shape index (κ3) is 5.01. The molecule has 0 radical (unpaired) electrons. The number of carbonyl (C=O) groups is 2. The van der Waals surface area contributed by atoms with Crippen LogP contribution in [0.4, 0.5) is 10.5 Å². The van der Waals surface area contributed by atoms with Crippen LogP contribution < -0.4 is 5.32 Å². The largest absolute Gasteiger partial charge is 0.456 e. The summed E-state index contributed by atoms with van der Waals surface area (Å²) in [4.78, 5) is 30.0. The van der Waals surface area contributed by atoms with Crippen LogP contribution in [-0.4, -0.2) is 17.5 Å². The molecule has 3 aromatic carbocycles. The summed E-state index contributed by atoms with van der Waals surface area (Å²) in [5, 5.41) is 3.86. The van der Waals surface area contributed by atoms with E-state index in [0.717, 1.165) is 55.8 Å². The lowest BCUT2D eigenvalue weighted by Gasteiger charge is -2.15. The van der Waals surface area contributed by atoms with Gasteiger partial charge in [-0.25, -0.2) is 9.78 Å². The van der Waals surface area contributed by atoms with Crippen molar-refractivity contribution in [2.75, 3.05) is 5.32 Å². The van der Waals surface area contributed by atoms with Crippen molar-refractivity contribution in [3.8, 4) is 21.6 Å². The molecule has 6 rings (SSSR count). The molecular formula is C32H26N2O4S. The van der Waals surface area contributed by atoms with Gasteiger partial charge in [-0.3, -0.25) is 10.1 Å². The summed E-state index contributed by atoms with van der Waals surface area (Å²) < 4.78 is 11.0. The lowest BCUT2D eigenvalue weighted by atomic mass is 9.99. The van der Waals surface area contributed by atoms with E-state index in [4.69, 9.17) is 9.47 Å². The highest BCUT2D eigenvalue weighted by molar-refractivity contribution is 7.22. The van der Waals surface area contributed by atoms with Crippen LogP contribution in [0.1, 0.15) is 37.0 Å². The van der Waals surface area contributed by atoms with Crippen LogP contribution in [0, 0.1) is 0 Å². The number of rotatable bonds is 8. The van der Waals surface area contributed by atoms with E-state index in [-0.39, 0.29) is 6.10 Å². The highest BCUT2D eigenvalue weighted by Crippen LogP contribution is 2.49. The predicted molar refractivity (Wildman–Crippen MR) is 154 cm³/mol. The molecule has 1 aliphatic rings. The first-order valence-electron chi connectivity index (χ1n) is 12.8. The summed E-state index contributed by atoms with van der Waals surface area (Å²) in [7, 11) is 0. The summed E-state index contributed by atoms with van der Waals surface area (Å²) in [5.41, 5.74) is 5.31. The maximum Gasteiger partial charge on any atom is 0.412 e. The fourth-order valence-electron chi connectivity index (χ4n) is 4.80. The number of anilines is 1. The monoisotopic (exact) mass is 534 g/mol. The molecule has 6 nitrogen and oxygen atoms in total.